The van der Waals surface area contributed by atoms with Crippen molar-refractivity contribution in [1.29, 1.82) is 0 Å². The Labute approximate surface area is 346 Å². The van der Waals surface area contributed by atoms with Gasteiger partial charge in [-0.25, -0.2) is 4.79 Å². The SMILES string of the molecule is CCCCCCCC/C=C\CCCCCCCC(=O)OCC(COC(=O)CCCCCCC/C=C\CCCCCCCC)NC(=O)OCCN(CCC)CCC. The molecular formula is C48H90N2O6. The van der Waals surface area contributed by atoms with Crippen LogP contribution in [0.4, 0.5) is 4.79 Å². The van der Waals surface area contributed by atoms with Crippen molar-refractivity contribution >= 4 is 18.0 Å². The van der Waals surface area contributed by atoms with Crippen LogP contribution in [-0.2, 0) is 23.8 Å². The van der Waals surface area contributed by atoms with Crippen LogP contribution in [0.3, 0.4) is 0 Å². The van der Waals surface area contributed by atoms with E-state index in [4.69, 9.17) is 14.2 Å². The number of unbranched alkanes of at least 4 members (excludes halogenated alkanes) is 22. The minimum absolute atomic E-state index is 0.0580. The highest BCUT2D eigenvalue weighted by molar-refractivity contribution is 5.70. The Bertz CT molecular complexity index is 877. The van der Waals surface area contributed by atoms with E-state index in [0.29, 0.717) is 19.4 Å². The van der Waals surface area contributed by atoms with Crippen LogP contribution in [0.2, 0.25) is 0 Å². The number of hydrogen-bond donors (Lipinski definition) is 1. The molecule has 0 unspecified atom stereocenters. The lowest BCUT2D eigenvalue weighted by Crippen LogP contribution is -2.43. The van der Waals surface area contributed by atoms with Crippen molar-refractivity contribution in [1.82, 2.24) is 10.2 Å². The van der Waals surface area contributed by atoms with Gasteiger partial charge in [0.1, 0.15) is 25.9 Å². The van der Waals surface area contributed by atoms with Crippen molar-refractivity contribution in [3.05, 3.63) is 24.3 Å². The highest BCUT2D eigenvalue weighted by Crippen LogP contribution is 2.12. The molecule has 1 amide bonds. The Balaban J connectivity index is 4.38. The number of alkyl carbamates (subject to hydrolysis) is 1. The van der Waals surface area contributed by atoms with Gasteiger partial charge in [0.2, 0.25) is 0 Å². The minimum Gasteiger partial charge on any atom is -0.463 e. The van der Waals surface area contributed by atoms with E-state index in [0.717, 1.165) is 77.3 Å². The molecule has 0 aromatic carbocycles. The summed E-state index contributed by atoms with van der Waals surface area (Å²) in [5.74, 6) is -0.589. The molecule has 8 heteroatoms. The van der Waals surface area contributed by atoms with Crippen LogP contribution >= 0.6 is 0 Å². The van der Waals surface area contributed by atoms with Crippen molar-refractivity contribution in [2.75, 3.05) is 39.5 Å². The normalized spacial score (nSPS) is 11.7. The summed E-state index contributed by atoms with van der Waals surface area (Å²) < 4.78 is 16.5. The minimum atomic E-state index is -0.666. The first-order valence-corrected chi connectivity index (χ1v) is 23.7. The fourth-order valence-corrected chi connectivity index (χ4v) is 6.79. The smallest absolute Gasteiger partial charge is 0.407 e. The average molecular weight is 791 g/mol. The van der Waals surface area contributed by atoms with Crippen LogP contribution in [0, 0.1) is 0 Å². The fraction of sp³-hybridized carbons (Fsp3) is 0.854. The third-order valence-electron chi connectivity index (χ3n) is 10.2. The highest BCUT2D eigenvalue weighted by Gasteiger charge is 2.19. The fourth-order valence-electron chi connectivity index (χ4n) is 6.79. The van der Waals surface area contributed by atoms with Crippen LogP contribution in [0.1, 0.15) is 220 Å². The number of allylic oxidation sites excluding steroid dienone is 4. The molecule has 1 N–H and O–H groups in total. The van der Waals surface area contributed by atoms with Gasteiger partial charge in [-0.2, -0.15) is 0 Å². The second-order valence-electron chi connectivity index (χ2n) is 15.9. The van der Waals surface area contributed by atoms with Crippen LogP contribution in [0.5, 0.6) is 0 Å². The summed E-state index contributed by atoms with van der Waals surface area (Å²) in [5, 5.41) is 2.76. The number of hydrogen-bond acceptors (Lipinski definition) is 7. The van der Waals surface area contributed by atoms with Crippen molar-refractivity contribution in [2.24, 2.45) is 0 Å². The van der Waals surface area contributed by atoms with Crippen molar-refractivity contribution < 1.29 is 28.6 Å². The molecule has 0 atom stereocenters. The molecule has 0 rings (SSSR count). The first-order valence-electron chi connectivity index (χ1n) is 23.7. The number of ether oxygens (including phenoxy) is 3. The molecule has 0 radical (unpaired) electrons. The lowest BCUT2D eigenvalue weighted by Gasteiger charge is -2.22. The first kappa shape index (κ1) is 53.6. The van der Waals surface area contributed by atoms with E-state index in [2.05, 4.69) is 62.2 Å². The van der Waals surface area contributed by atoms with Gasteiger partial charge in [-0.05, 0) is 90.1 Å². The summed E-state index contributed by atoms with van der Waals surface area (Å²) in [7, 11) is 0. The monoisotopic (exact) mass is 791 g/mol. The van der Waals surface area contributed by atoms with E-state index in [-0.39, 0.29) is 31.8 Å². The van der Waals surface area contributed by atoms with Gasteiger partial charge in [0, 0.05) is 19.4 Å². The predicted molar refractivity (Wildman–Crippen MR) is 236 cm³/mol. The number of carbonyl (C=O) groups is 3. The largest absolute Gasteiger partial charge is 0.463 e. The van der Waals surface area contributed by atoms with Gasteiger partial charge in [0.15, 0.2) is 0 Å². The maximum absolute atomic E-state index is 12.7. The van der Waals surface area contributed by atoms with E-state index < -0.39 is 12.1 Å². The van der Waals surface area contributed by atoms with Gasteiger partial charge in [-0.15, -0.1) is 0 Å². The number of esters is 2. The number of amides is 1. The van der Waals surface area contributed by atoms with Gasteiger partial charge in [0.25, 0.3) is 0 Å². The van der Waals surface area contributed by atoms with Crippen LogP contribution in [0.15, 0.2) is 24.3 Å². The van der Waals surface area contributed by atoms with Gasteiger partial charge in [0.05, 0.1) is 0 Å². The Morgan fingerprint density at radius 3 is 1.18 bits per heavy atom. The molecule has 0 saturated heterocycles. The molecule has 0 aromatic rings. The Morgan fingerprint density at radius 1 is 0.446 bits per heavy atom. The molecule has 0 heterocycles. The summed E-state index contributed by atoms with van der Waals surface area (Å²) in [6.07, 6.45) is 42.8. The van der Waals surface area contributed by atoms with E-state index in [1.54, 1.807) is 0 Å². The zero-order chi connectivity index (χ0) is 41.0. The zero-order valence-electron chi connectivity index (χ0n) is 37.2. The summed E-state index contributed by atoms with van der Waals surface area (Å²) >= 11 is 0. The maximum atomic E-state index is 12.7. The maximum Gasteiger partial charge on any atom is 0.407 e. The van der Waals surface area contributed by atoms with Crippen LogP contribution < -0.4 is 5.32 Å². The second-order valence-corrected chi connectivity index (χ2v) is 15.9. The molecule has 0 spiro atoms. The Morgan fingerprint density at radius 2 is 0.804 bits per heavy atom. The second kappa shape index (κ2) is 43.8. The standard InChI is InChI=1S/C48H90N2O6/c1-5-9-11-13-15-17-19-21-23-25-27-29-31-33-35-37-46(51)55-43-45(49-48(53)54-42-41-50(39-7-3)40-8-4)44-56-47(52)38-36-34-32-30-28-26-24-22-20-18-16-14-12-10-6-2/h21-24,45H,5-20,25-44H2,1-4H3,(H,49,53)/b23-21-,24-22-. The average Bonchev–Trinajstić information content (AvgIpc) is 3.19. The Hall–Kier alpha value is -2.35. The Kier molecular flexibility index (Phi) is 41.9. The molecule has 328 valence electrons. The lowest BCUT2D eigenvalue weighted by molar-refractivity contribution is -0.147. The molecule has 0 saturated carbocycles. The van der Waals surface area contributed by atoms with Crippen molar-refractivity contribution in [3.63, 3.8) is 0 Å². The summed E-state index contributed by atoms with van der Waals surface area (Å²) in [4.78, 5) is 40.0. The van der Waals surface area contributed by atoms with Crippen LogP contribution in [0.25, 0.3) is 0 Å². The van der Waals surface area contributed by atoms with E-state index in [9.17, 15) is 14.4 Å². The van der Waals surface area contributed by atoms with Crippen molar-refractivity contribution in [3.8, 4) is 0 Å². The molecule has 0 aliphatic rings. The third-order valence-corrected chi connectivity index (χ3v) is 10.2. The molecule has 0 bridgehead atoms. The quantitative estimate of drug-likeness (QED) is 0.0285. The molecule has 8 nitrogen and oxygen atoms in total. The zero-order valence-corrected chi connectivity index (χ0v) is 37.2. The topological polar surface area (TPSA) is 94.2 Å². The van der Waals surface area contributed by atoms with Gasteiger partial charge in [-0.3, -0.25) is 14.5 Å². The highest BCUT2D eigenvalue weighted by atomic mass is 16.6. The summed E-state index contributed by atoms with van der Waals surface area (Å²) in [5.41, 5.74) is 0. The lowest BCUT2D eigenvalue weighted by atomic mass is 10.1. The van der Waals surface area contributed by atoms with E-state index in [1.807, 2.05) is 0 Å². The number of nitrogens with zero attached hydrogens (tertiary/aromatic N) is 1. The van der Waals surface area contributed by atoms with E-state index in [1.165, 1.54) is 116 Å². The molecule has 0 aliphatic carbocycles. The molecule has 0 fully saturated rings. The third kappa shape index (κ3) is 39.9. The molecule has 0 aromatic heterocycles. The van der Waals surface area contributed by atoms with Gasteiger partial charge >= 0.3 is 18.0 Å². The van der Waals surface area contributed by atoms with Crippen molar-refractivity contribution in [2.45, 2.75) is 226 Å². The molecule has 0 aliphatic heterocycles. The van der Waals surface area contributed by atoms with E-state index >= 15 is 0 Å². The predicted octanol–water partition coefficient (Wildman–Crippen LogP) is 13.4. The first-order chi connectivity index (χ1) is 27.5. The van der Waals surface area contributed by atoms with Gasteiger partial charge < -0.3 is 19.5 Å². The number of rotatable bonds is 42. The van der Waals surface area contributed by atoms with Crippen LogP contribution in [-0.4, -0.2) is 68.4 Å². The molecular weight excluding hydrogens is 701 g/mol. The number of nitrogens with one attached hydrogen (secondary N) is 1. The summed E-state index contributed by atoms with van der Waals surface area (Å²) in [6, 6.07) is -0.666. The summed E-state index contributed by atoms with van der Waals surface area (Å²) in [6.45, 7) is 11.5. The number of carbonyl (C=O) groups excluding carboxylic acids is 3. The van der Waals surface area contributed by atoms with Gasteiger partial charge in [-0.1, -0.05) is 155 Å². The molecule has 56 heavy (non-hydrogen) atoms.